The van der Waals surface area contributed by atoms with Crippen molar-refractivity contribution in [2.45, 2.75) is 219 Å². The highest BCUT2D eigenvalue weighted by atomic mass is 16.6. The largest absolute Gasteiger partial charge is 0.477 e. The van der Waals surface area contributed by atoms with Gasteiger partial charge in [-0.1, -0.05) is 147 Å². The summed E-state index contributed by atoms with van der Waals surface area (Å²) in [5, 5.41) is 9.62. The Hall–Kier alpha value is -2.19. The molecule has 0 heterocycles. The molecule has 0 fully saturated rings. The lowest BCUT2D eigenvalue weighted by Crippen LogP contribution is -2.50. The average molecular weight is 779 g/mol. The van der Waals surface area contributed by atoms with Crippen LogP contribution >= 0.6 is 0 Å². The Morgan fingerprint density at radius 1 is 0.527 bits per heavy atom. The first-order chi connectivity index (χ1) is 26.6. The van der Waals surface area contributed by atoms with Crippen LogP contribution in [0.1, 0.15) is 206 Å². The topological polar surface area (TPSA) is 99.1 Å². The molecule has 0 rings (SSSR count). The van der Waals surface area contributed by atoms with Crippen molar-refractivity contribution in [3.05, 3.63) is 24.3 Å². The molecule has 0 aliphatic heterocycles. The summed E-state index contributed by atoms with van der Waals surface area (Å²) in [5.41, 5.74) is 0. The molecule has 8 nitrogen and oxygen atoms in total. The number of carboxylic acid groups (broad SMARTS) is 1. The fraction of sp³-hybridized carbons (Fsp3) is 0.851. The first-order valence-electron chi connectivity index (χ1n) is 22.9. The molecule has 2 unspecified atom stereocenters. The lowest BCUT2D eigenvalue weighted by Gasteiger charge is -2.31. The maximum atomic E-state index is 12.7. The number of esters is 2. The fourth-order valence-electron chi connectivity index (χ4n) is 6.73. The van der Waals surface area contributed by atoms with E-state index in [1.54, 1.807) is 0 Å². The van der Waals surface area contributed by atoms with Crippen LogP contribution in [-0.4, -0.2) is 80.6 Å². The Morgan fingerprint density at radius 3 is 1.31 bits per heavy atom. The fourth-order valence-corrected chi connectivity index (χ4v) is 6.73. The lowest BCUT2D eigenvalue weighted by molar-refractivity contribution is -0.887. The third-order valence-corrected chi connectivity index (χ3v) is 10.3. The molecule has 55 heavy (non-hydrogen) atoms. The number of carbonyl (C=O) groups excluding carboxylic acids is 2. The van der Waals surface area contributed by atoms with Crippen LogP contribution in [0.5, 0.6) is 0 Å². The maximum absolute atomic E-state index is 12.7. The number of nitrogens with zero attached hydrogens (tertiary/aromatic N) is 1. The molecule has 0 bridgehead atoms. The maximum Gasteiger partial charge on any atom is 0.362 e. The number of aliphatic carboxylic acids is 1. The average Bonchev–Trinajstić information content (AvgIpc) is 3.14. The van der Waals surface area contributed by atoms with Crippen LogP contribution in [0.4, 0.5) is 0 Å². The lowest BCUT2D eigenvalue weighted by atomic mass is 10.1. The highest BCUT2D eigenvalue weighted by Crippen LogP contribution is 2.14. The first-order valence-corrected chi connectivity index (χ1v) is 22.9. The summed E-state index contributed by atoms with van der Waals surface area (Å²) in [5.74, 6) is -1.48. The van der Waals surface area contributed by atoms with Crippen LogP contribution in [0.2, 0.25) is 0 Å². The second-order valence-electron chi connectivity index (χ2n) is 16.7. The van der Waals surface area contributed by atoms with Gasteiger partial charge in [0.15, 0.2) is 12.1 Å². The Bertz CT molecular complexity index is 957. The SMILES string of the molecule is CCCCCCCC/C=C\CCCCCCCC(=O)OCC(COCCC(C(=O)O)[N+](C)(C)C)OC(=O)CCCCCCC/C=C\CCCCCCCCC. The number of carbonyl (C=O) groups is 3. The predicted octanol–water partition coefficient (Wildman–Crippen LogP) is 12.5. The van der Waals surface area contributed by atoms with Gasteiger partial charge in [-0.2, -0.15) is 0 Å². The highest BCUT2D eigenvalue weighted by molar-refractivity contribution is 5.72. The van der Waals surface area contributed by atoms with E-state index in [9.17, 15) is 19.5 Å². The van der Waals surface area contributed by atoms with Gasteiger partial charge in [0.1, 0.15) is 6.61 Å². The molecule has 0 aromatic heterocycles. The molecule has 0 saturated carbocycles. The van der Waals surface area contributed by atoms with Crippen LogP contribution in [0.25, 0.3) is 0 Å². The molecule has 0 aromatic carbocycles. The minimum atomic E-state index is -0.876. The van der Waals surface area contributed by atoms with Crippen molar-refractivity contribution in [1.82, 2.24) is 0 Å². The second kappa shape index (κ2) is 38.7. The monoisotopic (exact) mass is 779 g/mol. The molecule has 0 aliphatic rings. The summed E-state index contributed by atoms with van der Waals surface area (Å²) in [6.45, 7) is 4.72. The predicted molar refractivity (Wildman–Crippen MR) is 229 cm³/mol. The summed E-state index contributed by atoms with van der Waals surface area (Å²) < 4.78 is 17.3. The third kappa shape index (κ3) is 37.2. The van der Waals surface area contributed by atoms with Gasteiger partial charge in [-0.15, -0.1) is 0 Å². The normalized spacial score (nSPS) is 13.1. The summed E-state index contributed by atoms with van der Waals surface area (Å²) in [7, 11) is 5.53. The molecule has 1 N–H and O–H groups in total. The van der Waals surface area contributed by atoms with E-state index in [0.717, 1.165) is 57.8 Å². The summed E-state index contributed by atoms with van der Waals surface area (Å²) in [6.07, 6.45) is 42.1. The van der Waals surface area contributed by atoms with Gasteiger partial charge in [0, 0.05) is 19.3 Å². The first kappa shape index (κ1) is 52.8. The number of carboxylic acids is 1. The van der Waals surface area contributed by atoms with Crippen molar-refractivity contribution in [3.63, 3.8) is 0 Å². The molecule has 0 radical (unpaired) electrons. The molecule has 2 atom stereocenters. The zero-order valence-corrected chi connectivity index (χ0v) is 36.6. The number of likely N-dealkylation sites (N-methyl/N-ethyl adjacent to an activating group) is 1. The van der Waals surface area contributed by atoms with E-state index in [1.165, 1.54) is 116 Å². The van der Waals surface area contributed by atoms with Crippen molar-refractivity contribution in [1.29, 1.82) is 0 Å². The van der Waals surface area contributed by atoms with Crippen molar-refractivity contribution in [2.24, 2.45) is 0 Å². The van der Waals surface area contributed by atoms with Crippen LogP contribution in [-0.2, 0) is 28.6 Å². The Kier molecular flexibility index (Phi) is 37.1. The van der Waals surface area contributed by atoms with Gasteiger partial charge in [-0.3, -0.25) is 9.59 Å². The van der Waals surface area contributed by atoms with Crippen molar-refractivity contribution < 1.29 is 38.2 Å². The van der Waals surface area contributed by atoms with E-state index in [1.807, 2.05) is 21.1 Å². The zero-order chi connectivity index (χ0) is 40.7. The number of allylic oxidation sites excluding steroid dienone is 4. The van der Waals surface area contributed by atoms with Gasteiger partial charge in [-0.25, -0.2) is 4.79 Å². The minimum Gasteiger partial charge on any atom is -0.477 e. The van der Waals surface area contributed by atoms with Crippen LogP contribution in [0.15, 0.2) is 24.3 Å². The molecule has 0 spiro atoms. The molecule has 0 aliphatic carbocycles. The number of unbranched alkanes of at least 4 members (excludes halogenated alkanes) is 23. The van der Waals surface area contributed by atoms with Crippen molar-refractivity contribution >= 4 is 17.9 Å². The van der Waals surface area contributed by atoms with Gasteiger partial charge < -0.3 is 23.8 Å². The minimum absolute atomic E-state index is 0.0557. The molecule has 0 aromatic rings. The molecule has 0 saturated heterocycles. The van der Waals surface area contributed by atoms with E-state index in [-0.39, 0.29) is 36.2 Å². The third-order valence-electron chi connectivity index (χ3n) is 10.3. The van der Waals surface area contributed by atoms with Gasteiger partial charge >= 0.3 is 17.9 Å². The second-order valence-corrected chi connectivity index (χ2v) is 16.7. The van der Waals surface area contributed by atoms with Gasteiger partial charge in [0.05, 0.1) is 34.4 Å². The van der Waals surface area contributed by atoms with Gasteiger partial charge in [0.25, 0.3) is 0 Å². The number of hydrogen-bond donors (Lipinski definition) is 1. The van der Waals surface area contributed by atoms with Crippen molar-refractivity contribution in [3.8, 4) is 0 Å². The van der Waals surface area contributed by atoms with Gasteiger partial charge in [-0.05, 0) is 64.2 Å². The van der Waals surface area contributed by atoms with E-state index in [2.05, 4.69) is 38.2 Å². The number of ether oxygens (including phenoxy) is 3. The summed E-state index contributed by atoms with van der Waals surface area (Å²) >= 11 is 0. The Balaban J connectivity index is 4.34. The quantitative estimate of drug-likeness (QED) is 0.0285. The van der Waals surface area contributed by atoms with Crippen LogP contribution in [0, 0.1) is 0 Å². The standard InChI is InChI=1S/C47H87NO7/c1-6-8-10-12-14-16-18-20-22-24-26-28-30-32-34-36-38-46(50)55-43(41-53-40-39-44(47(51)52)48(3,4)5)42-54-45(49)37-35-33-31-29-27-25-23-21-19-17-15-13-11-9-7-2/h21-24,43-44H,6-20,25-42H2,1-5H3/p+1/b23-21-,24-22-. The summed E-state index contributed by atoms with van der Waals surface area (Å²) in [4.78, 5) is 37.0. The summed E-state index contributed by atoms with van der Waals surface area (Å²) in [6, 6.07) is -0.615. The number of rotatable bonds is 41. The number of hydrogen-bond acceptors (Lipinski definition) is 6. The highest BCUT2D eigenvalue weighted by Gasteiger charge is 2.31. The number of quaternary nitrogens is 1. The Morgan fingerprint density at radius 2 is 0.909 bits per heavy atom. The molecule has 322 valence electrons. The zero-order valence-electron chi connectivity index (χ0n) is 36.6. The van der Waals surface area contributed by atoms with E-state index < -0.39 is 18.1 Å². The van der Waals surface area contributed by atoms with E-state index in [4.69, 9.17) is 14.2 Å². The Labute approximate surface area is 339 Å². The molecule has 0 amide bonds. The van der Waals surface area contributed by atoms with Crippen molar-refractivity contribution in [2.75, 3.05) is 41.0 Å². The molecule has 8 heteroatoms. The van der Waals surface area contributed by atoms with E-state index in [0.29, 0.717) is 19.3 Å². The van der Waals surface area contributed by atoms with Crippen LogP contribution in [0.3, 0.4) is 0 Å². The van der Waals surface area contributed by atoms with Gasteiger partial charge in [0.2, 0.25) is 0 Å². The molecular formula is C47H88NO7+. The smallest absolute Gasteiger partial charge is 0.362 e. The van der Waals surface area contributed by atoms with Crippen LogP contribution < -0.4 is 0 Å². The molecular weight excluding hydrogens is 691 g/mol. The van der Waals surface area contributed by atoms with E-state index >= 15 is 0 Å².